The van der Waals surface area contributed by atoms with Crippen LogP contribution in [0.5, 0.6) is 17.2 Å². The minimum atomic E-state index is -4.76. The number of hydrogen-bond donors (Lipinski definition) is 1. The molecule has 3 rings (SSSR count). The van der Waals surface area contributed by atoms with Crippen molar-refractivity contribution in [3.05, 3.63) is 81.6 Å². The Hall–Kier alpha value is -3.67. The molecule has 0 aliphatic heterocycles. The number of nitrogens with zero attached hydrogens (tertiary/aromatic N) is 3. The third-order valence-corrected chi connectivity index (χ3v) is 5.33. The molecule has 8 nitrogen and oxygen atoms in total. The summed E-state index contributed by atoms with van der Waals surface area (Å²) in [7, 11) is 1.51. The number of thioether (sulfide) groups is 1. The predicted molar refractivity (Wildman–Crippen MR) is 116 cm³/mol. The molecular formula is C21H18F3N3O5S. The van der Waals surface area contributed by atoms with Crippen molar-refractivity contribution >= 4 is 17.5 Å². The monoisotopic (exact) mass is 481 g/mol. The van der Waals surface area contributed by atoms with Crippen molar-refractivity contribution < 1.29 is 27.9 Å². The number of halogens is 3. The molecule has 0 atom stereocenters. The SMILES string of the molecule is Cn1ccc(=O)n(C/C(CSc2ccc(Oc3ccc(OC(F)(F)F)cc3)cc2)=N\O)c1=O. The standard InChI is InChI=1S/C21H18F3N3O5S/c1-26-11-10-19(28)27(20(26)29)12-14(25-30)13-33-18-8-6-16(7-9-18)31-15-2-4-17(5-3-15)32-21(22,23)24/h2-11,30H,12-13H2,1H3/b25-14+. The van der Waals surface area contributed by atoms with Crippen molar-refractivity contribution in [3.63, 3.8) is 0 Å². The van der Waals surface area contributed by atoms with Gasteiger partial charge in [-0.3, -0.25) is 9.36 Å². The highest BCUT2D eigenvalue weighted by Gasteiger charge is 2.31. The van der Waals surface area contributed by atoms with Crippen molar-refractivity contribution in [2.75, 3.05) is 5.75 Å². The van der Waals surface area contributed by atoms with E-state index in [9.17, 15) is 28.0 Å². The highest BCUT2D eigenvalue weighted by atomic mass is 32.2. The summed E-state index contributed by atoms with van der Waals surface area (Å²) in [4.78, 5) is 24.8. The molecule has 0 unspecified atom stereocenters. The Balaban J connectivity index is 1.58. The Labute approximate surface area is 189 Å². The molecule has 2 aromatic carbocycles. The van der Waals surface area contributed by atoms with Gasteiger partial charge in [0.2, 0.25) is 0 Å². The molecular weight excluding hydrogens is 463 g/mol. The van der Waals surface area contributed by atoms with Crippen LogP contribution >= 0.6 is 11.8 Å². The van der Waals surface area contributed by atoms with Gasteiger partial charge < -0.3 is 19.2 Å². The van der Waals surface area contributed by atoms with Crippen molar-refractivity contribution in [1.29, 1.82) is 0 Å². The van der Waals surface area contributed by atoms with Gasteiger partial charge in [0.05, 0.1) is 12.3 Å². The fourth-order valence-electron chi connectivity index (χ4n) is 2.66. The fraction of sp³-hybridized carbons (Fsp3) is 0.190. The van der Waals surface area contributed by atoms with Crippen LogP contribution in [0.1, 0.15) is 0 Å². The van der Waals surface area contributed by atoms with Crippen molar-refractivity contribution in [1.82, 2.24) is 9.13 Å². The molecule has 0 amide bonds. The molecule has 12 heteroatoms. The molecule has 33 heavy (non-hydrogen) atoms. The fourth-order valence-corrected chi connectivity index (χ4v) is 3.47. The number of ether oxygens (including phenoxy) is 2. The Morgan fingerprint density at radius 2 is 1.58 bits per heavy atom. The molecule has 3 aromatic rings. The summed E-state index contributed by atoms with van der Waals surface area (Å²) >= 11 is 1.32. The predicted octanol–water partition coefficient (Wildman–Crippen LogP) is 3.86. The molecule has 0 bridgehead atoms. The van der Waals surface area contributed by atoms with Gasteiger partial charge in [0.15, 0.2) is 0 Å². The number of hydrogen-bond acceptors (Lipinski definition) is 7. The normalized spacial score (nSPS) is 11.9. The van der Waals surface area contributed by atoms with E-state index in [1.165, 1.54) is 47.8 Å². The summed E-state index contributed by atoms with van der Waals surface area (Å²) in [6, 6.07) is 13.0. The van der Waals surface area contributed by atoms with Crippen LogP contribution in [0.2, 0.25) is 0 Å². The summed E-state index contributed by atoms with van der Waals surface area (Å²) in [5, 5.41) is 12.5. The first-order valence-corrected chi connectivity index (χ1v) is 10.4. The molecule has 0 spiro atoms. The first-order chi connectivity index (χ1) is 15.6. The summed E-state index contributed by atoms with van der Waals surface area (Å²) in [6.45, 7) is -0.148. The lowest BCUT2D eigenvalue weighted by molar-refractivity contribution is -0.274. The van der Waals surface area contributed by atoms with E-state index in [0.29, 0.717) is 11.5 Å². The minimum Gasteiger partial charge on any atom is -0.457 e. The third kappa shape index (κ3) is 6.91. The van der Waals surface area contributed by atoms with E-state index in [2.05, 4.69) is 9.89 Å². The van der Waals surface area contributed by atoms with Crippen molar-refractivity contribution in [2.24, 2.45) is 12.2 Å². The van der Waals surface area contributed by atoms with Crippen LogP contribution in [0.15, 0.2) is 80.4 Å². The summed E-state index contributed by atoms with van der Waals surface area (Å²) < 4.78 is 48.3. The van der Waals surface area contributed by atoms with E-state index in [0.717, 1.165) is 21.6 Å². The Kier molecular flexibility index (Phi) is 7.48. The Morgan fingerprint density at radius 3 is 2.15 bits per heavy atom. The maximum atomic E-state index is 12.2. The average Bonchev–Trinajstić information content (AvgIpc) is 2.77. The minimum absolute atomic E-state index is 0.148. The molecule has 1 heterocycles. The lowest BCUT2D eigenvalue weighted by Crippen LogP contribution is -2.40. The lowest BCUT2D eigenvalue weighted by atomic mass is 10.3. The van der Waals surface area contributed by atoms with E-state index in [4.69, 9.17) is 4.74 Å². The lowest BCUT2D eigenvalue weighted by Gasteiger charge is -2.10. The van der Waals surface area contributed by atoms with Crippen LogP contribution in [0.4, 0.5) is 13.2 Å². The number of oxime groups is 1. The van der Waals surface area contributed by atoms with Gasteiger partial charge in [0.25, 0.3) is 5.56 Å². The highest BCUT2D eigenvalue weighted by molar-refractivity contribution is 8.00. The largest absolute Gasteiger partial charge is 0.573 e. The second-order valence-electron chi connectivity index (χ2n) is 6.68. The van der Waals surface area contributed by atoms with Gasteiger partial charge in [0.1, 0.15) is 17.2 Å². The number of benzene rings is 2. The van der Waals surface area contributed by atoms with E-state index in [1.54, 1.807) is 24.3 Å². The Bertz CT molecular complexity index is 1240. The molecule has 1 aromatic heterocycles. The summed E-state index contributed by atoms with van der Waals surface area (Å²) in [5.41, 5.74) is -0.788. The van der Waals surface area contributed by atoms with E-state index in [-0.39, 0.29) is 23.8 Å². The number of aromatic nitrogens is 2. The summed E-state index contributed by atoms with van der Waals surface area (Å²) in [5.74, 6) is 0.661. The quantitative estimate of drug-likeness (QED) is 0.227. The van der Waals surface area contributed by atoms with Crippen LogP contribution in [0.3, 0.4) is 0 Å². The second kappa shape index (κ2) is 10.3. The van der Waals surface area contributed by atoms with Crippen LogP contribution < -0.4 is 20.7 Å². The van der Waals surface area contributed by atoms with Crippen molar-refractivity contribution in [3.8, 4) is 17.2 Å². The topological polar surface area (TPSA) is 95.1 Å². The molecule has 0 fully saturated rings. The van der Waals surface area contributed by atoms with E-state index < -0.39 is 17.6 Å². The first kappa shape index (κ1) is 24.0. The third-order valence-electron chi connectivity index (χ3n) is 4.24. The van der Waals surface area contributed by atoms with Crippen LogP contribution in [0, 0.1) is 0 Å². The van der Waals surface area contributed by atoms with Gasteiger partial charge in [-0.05, 0) is 48.5 Å². The zero-order valence-electron chi connectivity index (χ0n) is 17.2. The first-order valence-electron chi connectivity index (χ1n) is 9.37. The number of alkyl halides is 3. The molecule has 0 aliphatic rings. The zero-order chi connectivity index (χ0) is 24.0. The number of rotatable bonds is 8. The van der Waals surface area contributed by atoms with Gasteiger partial charge in [0, 0.05) is 30.0 Å². The maximum Gasteiger partial charge on any atom is 0.573 e. The van der Waals surface area contributed by atoms with Gasteiger partial charge in [-0.2, -0.15) is 0 Å². The Morgan fingerprint density at radius 1 is 1.00 bits per heavy atom. The smallest absolute Gasteiger partial charge is 0.457 e. The molecule has 0 radical (unpaired) electrons. The van der Waals surface area contributed by atoms with E-state index >= 15 is 0 Å². The highest BCUT2D eigenvalue weighted by Crippen LogP contribution is 2.28. The van der Waals surface area contributed by atoms with Gasteiger partial charge in [-0.25, -0.2) is 4.79 Å². The van der Waals surface area contributed by atoms with Gasteiger partial charge >= 0.3 is 12.1 Å². The van der Waals surface area contributed by atoms with Crippen LogP contribution in [-0.2, 0) is 13.6 Å². The van der Waals surface area contributed by atoms with E-state index in [1.807, 2.05) is 0 Å². The molecule has 1 N–H and O–H groups in total. The second-order valence-corrected chi connectivity index (χ2v) is 7.73. The number of aryl methyl sites for hydroxylation is 1. The van der Waals surface area contributed by atoms with Gasteiger partial charge in [-0.1, -0.05) is 5.16 Å². The van der Waals surface area contributed by atoms with Crippen LogP contribution in [-0.4, -0.2) is 32.2 Å². The average molecular weight is 481 g/mol. The van der Waals surface area contributed by atoms with Gasteiger partial charge in [-0.15, -0.1) is 24.9 Å². The van der Waals surface area contributed by atoms with Crippen LogP contribution in [0.25, 0.3) is 0 Å². The maximum absolute atomic E-state index is 12.2. The molecule has 0 saturated heterocycles. The van der Waals surface area contributed by atoms with Crippen molar-refractivity contribution in [2.45, 2.75) is 17.8 Å². The zero-order valence-corrected chi connectivity index (χ0v) is 18.0. The molecule has 174 valence electrons. The summed E-state index contributed by atoms with van der Waals surface area (Å²) in [6.07, 6.45) is -3.40. The molecule has 0 saturated carbocycles. The molecule has 0 aliphatic carbocycles.